The van der Waals surface area contributed by atoms with E-state index >= 15 is 0 Å². The number of nitrogens with one attached hydrogen (secondary N) is 1. The lowest BCUT2D eigenvalue weighted by atomic mass is 9.99. The van der Waals surface area contributed by atoms with Crippen LogP contribution in [0.2, 0.25) is 0 Å². The van der Waals surface area contributed by atoms with Gasteiger partial charge in [-0.1, -0.05) is 18.2 Å². The van der Waals surface area contributed by atoms with Crippen LogP contribution in [-0.2, 0) is 24.7 Å². The van der Waals surface area contributed by atoms with Crippen molar-refractivity contribution in [3.05, 3.63) is 60.4 Å². The fraction of sp³-hybridized carbons (Fsp3) is 0.381. The maximum Gasteiger partial charge on any atom is 0.243 e. The number of benzene rings is 2. The molecule has 3 rings (SSSR count). The first-order chi connectivity index (χ1) is 14.7. The molecule has 1 atom stereocenters. The van der Waals surface area contributed by atoms with Gasteiger partial charge in [-0.2, -0.15) is 4.31 Å². The van der Waals surface area contributed by atoms with Gasteiger partial charge >= 0.3 is 0 Å². The maximum atomic E-state index is 13.1. The van der Waals surface area contributed by atoms with Crippen molar-refractivity contribution in [2.24, 2.45) is 5.92 Å². The van der Waals surface area contributed by atoms with Crippen molar-refractivity contribution in [3.8, 4) is 0 Å². The quantitative estimate of drug-likeness (QED) is 0.599. The number of halogens is 1. The molecule has 0 aliphatic carbocycles. The first-order valence-corrected chi connectivity index (χ1v) is 13.1. The Bertz CT molecular complexity index is 1100. The largest absolute Gasteiger partial charge is 0.356 e. The molecule has 1 amide bonds. The highest BCUT2D eigenvalue weighted by molar-refractivity contribution is 7.91. The fourth-order valence-corrected chi connectivity index (χ4v) is 6.35. The third kappa shape index (κ3) is 5.90. The Balaban J connectivity index is 1.52. The van der Waals surface area contributed by atoms with Gasteiger partial charge in [0.05, 0.1) is 21.5 Å². The van der Waals surface area contributed by atoms with Gasteiger partial charge in [0.25, 0.3) is 0 Å². The number of amides is 1. The van der Waals surface area contributed by atoms with E-state index in [-0.39, 0.29) is 41.0 Å². The van der Waals surface area contributed by atoms with Crippen LogP contribution in [0, 0.1) is 11.7 Å². The first kappa shape index (κ1) is 23.4. The standard InChI is InChI=1S/C21H25FN2O5S2/c22-18-9-11-20(12-10-18)31(28,29)24-14-4-6-17(16-24)21(25)23-13-5-15-30(26,27)19-7-2-1-3-8-19/h1-3,7-12,17H,4-6,13-16H2,(H,23,25). The highest BCUT2D eigenvalue weighted by Crippen LogP contribution is 2.24. The van der Waals surface area contributed by atoms with Gasteiger partial charge < -0.3 is 5.32 Å². The zero-order valence-corrected chi connectivity index (χ0v) is 18.5. The van der Waals surface area contributed by atoms with E-state index in [2.05, 4.69) is 5.32 Å². The van der Waals surface area contributed by atoms with Crippen LogP contribution in [0.4, 0.5) is 4.39 Å². The number of rotatable bonds is 8. The minimum absolute atomic E-state index is 0.0129. The summed E-state index contributed by atoms with van der Waals surface area (Å²) in [4.78, 5) is 12.7. The van der Waals surface area contributed by atoms with Gasteiger partial charge in [0.2, 0.25) is 15.9 Å². The van der Waals surface area contributed by atoms with Gasteiger partial charge in [-0.3, -0.25) is 4.79 Å². The summed E-state index contributed by atoms with van der Waals surface area (Å²) in [5, 5.41) is 2.72. The van der Waals surface area contributed by atoms with Crippen molar-refractivity contribution in [1.29, 1.82) is 0 Å². The van der Waals surface area contributed by atoms with Crippen LogP contribution in [0.15, 0.2) is 64.4 Å². The summed E-state index contributed by atoms with van der Waals surface area (Å²) in [6, 6.07) is 12.7. The Morgan fingerprint density at radius 1 is 1.00 bits per heavy atom. The van der Waals surface area contributed by atoms with E-state index in [0.29, 0.717) is 19.4 Å². The lowest BCUT2D eigenvalue weighted by Gasteiger charge is -2.31. The van der Waals surface area contributed by atoms with E-state index in [1.807, 2.05) is 0 Å². The Morgan fingerprint density at radius 2 is 1.68 bits per heavy atom. The summed E-state index contributed by atoms with van der Waals surface area (Å²) in [6.07, 6.45) is 1.33. The van der Waals surface area contributed by atoms with Crippen LogP contribution in [0.3, 0.4) is 0 Å². The molecule has 0 saturated carbocycles. The lowest BCUT2D eigenvalue weighted by Crippen LogP contribution is -2.45. The molecule has 0 bridgehead atoms. The van der Waals surface area contributed by atoms with E-state index in [1.165, 1.54) is 28.6 Å². The SMILES string of the molecule is O=C(NCCCS(=O)(=O)c1ccccc1)C1CCCN(S(=O)(=O)c2ccc(F)cc2)C1. The van der Waals surface area contributed by atoms with Crippen LogP contribution in [0.1, 0.15) is 19.3 Å². The minimum atomic E-state index is -3.81. The highest BCUT2D eigenvalue weighted by atomic mass is 32.2. The van der Waals surface area contributed by atoms with Crippen LogP contribution in [-0.4, -0.2) is 52.4 Å². The molecular formula is C21H25FN2O5S2. The van der Waals surface area contributed by atoms with Gasteiger partial charge in [0.1, 0.15) is 5.82 Å². The maximum absolute atomic E-state index is 13.1. The van der Waals surface area contributed by atoms with Gasteiger partial charge in [-0.15, -0.1) is 0 Å². The first-order valence-electron chi connectivity index (χ1n) is 10.0. The molecule has 0 spiro atoms. The van der Waals surface area contributed by atoms with Crippen molar-refractivity contribution in [1.82, 2.24) is 9.62 Å². The zero-order chi connectivity index (χ0) is 22.5. The molecule has 1 heterocycles. The molecule has 0 aromatic heterocycles. The molecule has 10 heteroatoms. The molecule has 1 saturated heterocycles. The summed E-state index contributed by atoms with van der Waals surface area (Å²) in [6.45, 7) is 0.513. The number of carbonyl (C=O) groups excluding carboxylic acids is 1. The van der Waals surface area contributed by atoms with E-state index in [9.17, 15) is 26.0 Å². The second-order valence-electron chi connectivity index (χ2n) is 7.43. The number of piperidine rings is 1. The number of sulfonamides is 1. The predicted octanol–water partition coefficient (Wildman–Crippen LogP) is 2.21. The molecule has 1 aliphatic heterocycles. The molecule has 0 radical (unpaired) electrons. The van der Waals surface area contributed by atoms with Crippen molar-refractivity contribution in [2.45, 2.75) is 29.1 Å². The smallest absolute Gasteiger partial charge is 0.243 e. The van der Waals surface area contributed by atoms with Crippen LogP contribution in [0.5, 0.6) is 0 Å². The summed E-state index contributed by atoms with van der Waals surface area (Å²) in [5.74, 6) is -1.43. The van der Waals surface area contributed by atoms with Crippen molar-refractivity contribution in [2.75, 3.05) is 25.4 Å². The summed E-state index contributed by atoms with van der Waals surface area (Å²) in [5.41, 5.74) is 0. The number of nitrogens with zero attached hydrogens (tertiary/aromatic N) is 1. The Kier molecular flexibility index (Phi) is 7.45. The van der Waals surface area contributed by atoms with Crippen molar-refractivity contribution < 1.29 is 26.0 Å². The number of sulfone groups is 1. The average molecular weight is 469 g/mol. The predicted molar refractivity (Wildman–Crippen MR) is 114 cm³/mol. The number of hydrogen-bond donors (Lipinski definition) is 1. The van der Waals surface area contributed by atoms with Gasteiger partial charge in [-0.05, 0) is 55.7 Å². The Labute approximate surface area is 182 Å². The Morgan fingerprint density at radius 3 is 2.35 bits per heavy atom. The molecular weight excluding hydrogens is 443 g/mol. The topological polar surface area (TPSA) is 101 Å². The molecule has 2 aromatic rings. The van der Waals surface area contributed by atoms with Gasteiger partial charge in [0, 0.05) is 19.6 Å². The molecule has 1 fully saturated rings. The molecule has 1 N–H and O–H groups in total. The van der Waals surface area contributed by atoms with Crippen molar-refractivity contribution in [3.63, 3.8) is 0 Å². The van der Waals surface area contributed by atoms with E-state index < -0.39 is 31.6 Å². The van der Waals surface area contributed by atoms with Crippen molar-refractivity contribution >= 4 is 25.8 Å². The summed E-state index contributed by atoms with van der Waals surface area (Å²) in [7, 11) is -7.22. The molecule has 1 unspecified atom stereocenters. The normalized spacial score (nSPS) is 17.9. The Hall–Kier alpha value is -2.30. The molecule has 1 aliphatic rings. The minimum Gasteiger partial charge on any atom is -0.356 e. The second kappa shape index (κ2) is 9.88. The zero-order valence-electron chi connectivity index (χ0n) is 16.9. The lowest BCUT2D eigenvalue weighted by molar-refractivity contribution is -0.126. The highest BCUT2D eigenvalue weighted by Gasteiger charge is 2.33. The summed E-state index contributed by atoms with van der Waals surface area (Å²) >= 11 is 0. The molecule has 31 heavy (non-hydrogen) atoms. The van der Waals surface area contributed by atoms with E-state index in [1.54, 1.807) is 18.2 Å². The van der Waals surface area contributed by atoms with Crippen LogP contribution < -0.4 is 5.32 Å². The molecule has 7 nitrogen and oxygen atoms in total. The monoisotopic (exact) mass is 468 g/mol. The summed E-state index contributed by atoms with van der Waals surface area (Å²) < 4.78 is 64.5. The van der Waals surface area contributed by atoms with E-state index in [4.69, 9.17) is 0 Å². The average Bonchev–Trinajstić information content (AvgIpc) is 2.77. The number of carbonyl (C=O) groups is 1. The number of hydrogen-bond acceptors (Lipinski definition) is 5. The van der Waals surface area contributed by atoms with Crippen LogP contribution >= 0.6 is 0 Å². The third-order valence-electron chi connectivity index (χ3n) is 5.20. The van der Waals surface area contributed by atoms with Gasteiger partial charge in [0.15, 0.2) is 9.84 Å². The van der Waals surface area contributed by atoms with Gasteiger partial charge in [-0.25, -0.2) is 21.2 Å². The third-order valence-corrected chi connectivity index (χ3v) is 8.89. The van der Waals surface area contributed by atoms with Crippen LogP contribution in [0.25, 0.3) is 0 Å². The molecule has 168 valence electrons. The fourth-order valence-electron chi connectivity index (χ4n) is 3.49. The van der Waals surface area contributed by atoms with E-state index in [0.717, 1.165) is 12.1 Å². The second-order valence-corrected chi connectivity index (χ2v) is 11.5. The molecule has 2 aromatic carbocycles.